The molecule has 0 aliphatic rings. The Morgan fingerprint density at radius 1 is 1.50 bits per heavy atom. The highest BCUT2D eigenvalue weighted by atomic mass is 16.5. The molecule has 0 atom stereocenters. The van der Waals surface area contributed by atoms with E-state index in [9.17, 15) is 4.79 Å². The number of carbonyl (C=O) groups excluding carboxylic acids is 1. The number of carbonyl (C=O) groups is 1. The van der Waals surface area contributed by atoms with Gasteiger partial charge in [-0.2, -0.15) is 0 Å². The van der Waals surface area contributed by atoms with Crippen molar-refractivity contribution >= 4 is 5.91 Å². The summed E-state index contributed by atoms with van der Waals surface area (Å²) >= 11 is 0. The maximum absolute atomic E-state index is 9.82. The number of rotatable bonds is 0. The van der Waals surface area contributed by atoms with Crippen LogP contribution in [0.1, 0.15) is 20.8 Å². The minimum atomic E-state index is -0.352. The molecule has 0 rings (SSSR count). The SMILES string of the molecule is CC.CC(=O)N(C)O. The lowest BCUT2D eigenvalue weighted by atomic mass is 10.7. The Hall–Kier alpha value is -0.570. The molecule has 0 saturated heterocycles. The molecule has 0 heterocycles. The van der Waals surface area contributed by atoms with Gasteiger partial charge in [0.2, 0.25) is 5.91 Å². The quantitative estimate of drug-likeness (QED) is 0.380. The van der Waals surface area contributed by atoms with Crippen LogP contribution in [-0.2, 0) is 4.79 Å². The molecule has 3 nitrogen and oxygen atoms in total. The summed E-state index contributed by atoms with van der Waals surface area (Å²) in [5.41, 5.74) is 0. The summed E-state index contributed by atoms with van der Waals surface area (Å²) in [4.78, 5) is 9.82. The van der Waals surface area contributed by atoms with Crippen molar-refractivity contribution in [3.05, 3.63) is 0 Å². The van der Waals surface area contributed by atoms with Crippen molar-refractivity contribution in [3.8, 4) is 0 Å². The maximum Gasteiger partial charge on any atom is 0.242 e. The van der Waals surface area contributed by atoms with Crippen LogP contribution in [0.4, 0.5) is 0 Å². The van der Waals surface area contributed by atoms with Gasteiger partial charge in [-0.05, 0) is 0 Å². The highest BCUT2D eigenvalue weighted by Crippen LogP contribution is 1.68. The van der Waals surface area contributed by atoms with Crippen LogP contribution in [0.2, 0.25) is 0 Å². The van der Waals surface area contributed by atoms with Crippen molar-refractivity contribution in [3.63, 3.8) is 0 Å². The monoisotopic (exact) mass is 119 g/mol. The first-order valence-corrected chi connectivity index (χ1v) is 2.57. The number of hydroxylamine groups is 2. The number of nitrogens with zero attached hydrogens (tertiary/aromatic N) is 1. The molecule has 0 bridgehead atoms. The van der Waals surface area contributed by atoms with Crippen LogP contribution >= 0.6 is 0 Å². The van der Waals surface area contributed by atoms with Gasteiger partial charge in [0.15, 0.2) is 0 Å². The fraction of sp³-hybridized carbons (Fsp3) is 0.800. The summed E-state index contributed by atoms with van der Waals surface area (Å²) in [5, 5.41) is 8.64. The predicted molar refractivity (Wildman–Crippen MR) is 31.6 cm³/mol. The van der Waals surface area contributed by atoms with Crippen LogP contribution in [0.3, 0.4) is 0 Å². The van der Waals surface area contributed by atoms with Gasteiger partial charge in [0.05, 0.1) is 0 Å². The van der Waals surface area contributed by atoms with E-state index in [4.69, 9.17) is 5.21 Å². The van der Waals surface area contributed by atoms with E-state index in [1.54, 1.807) is 0 Å². The lowest BCUT2D eigenvalue weighted by Crippen LogP contribution is -2.17. The zero-order valence-electron chi connectivity index (χ0n) is 5.80. The maximum atomic E-state index is 9.82. The smallest absolute Gasteiger partial charge is 0.242 e. The van der Waals surface area contributed by atoms with Crippen LogP contribution in [0, 0.1) is 0 Å². The van der Waals surface area contributed by atoms with Gasteiger partial charge in [-0.1, -0.05) is 13.8 Å². The second-order valence-electron chi connectivity index (χ2n) is 1.04. The Morgan fingerprint density at radius 3 is 1.62 bits per heavy atom. The summed E-state index contributed by atoms with van der Waals surface area (Å²) in [7, 11) is 1.28. The van der Waals surface area contributed by atoms with Crippen molar-refractivity contribution < 1.29 is 10.0 Å². The van der Waals surface area contributed by atoms with Gasteiger partial charge in [-0.25, -0.2) is 5.06 Å². The van der Waals surface area contributed by atoms with Gasteiger partial charge >= 0.3 is 0 Å². The molecule has 3 heteroatoms. The van der Waals surface area contributed by atoms with Crippen LogP contribution in [0.5, 0.6) is 0 Å². The van der Waals surface area contributed by atoms with Gasteiger partial charge in [0, 0.05) is 14.0 Å². The van der Waals surface area contributed by atoms with E-state index in [0.717, 1.165) is 0 Å². The third-order valence-electron chi connectivity index (χ3n) is 0.456. The van der Waals surface area contributed by atoms with E-state index in [1.807, 2.05) is 13.8 Å². The van der Waals surface area contributed by atoms with E-state index in [2.05, 4.69) is 0 Å². The fourth-order valence-corrected chi connectivity index (χ4v) is 0. The summed E-state index contributed by atoms with van der Waals surface area (Å²) in [5.74, 6) is -0.352. The molecule has 0 aromatic carbocycles. The predicted octanol–water partition coefficient (Wildman–Crippen LogP) is 0.880. The van der Waals surface area contributed by atoms with Gasteiger partial charge < -0.3 is 0 Å². The molecule has 0 spiro atoms. The third-order valence-corrected chi connectivity index (χ3v) is 0.456. The van der Waals surface area contributed by atoms with Gasteiger partial charge in [-0.3, -0.25) is 10.0 Å². The second kappa shape index (κ2) is 6.43. The van der Waals surface area contributed by atoms with Crippen molar-refractivity contribution in [1.29, 1.82) is 0 Å². The Morgan fingerprint density at radius 2 is 1.62 bits per heavy atom. The topological polar surface area (TPSA) is 40.5 Å². The first kappa shape index (κ1) is 10.4. The Kier molecular flexibility index (Phi) is 8.37. The molecule has 0 fully saturated rings. The first-order chi connectivity index (χ1) is 3.64. The summed E-state index contributed by atoms with van der Waals surface area (Å²) in [6.07, 6.45) is 0. The molecule has 8 heavy (non-hydrogen) atoms. The Labute approximate surface area is 49.9 Å². The van der Waals surface area contributed by atoms with Crippen LogP contribution in [-0.4, -0.2) is 23.2 Å². The number of hydrogen-bond acceptors (Lipinski definition) is 2. The average molecular weight is 119 g/mol. The van der Waals surface area contributed by atoms with E-state index in [-0.39, 0.29) is 5.91 Å². The van der Waals surface area contributed by atoms with Gasteiger partial charge in [0.25, 0.3) is 0 Å². The second-order valence-corrected chi connectivity index (χ2v) is 1.04. The largest absolute Gasteiger partial charge is 0.286 e. The van der Waals surface area contributed by atoms with Gasteiger partial charge in [-0.15, -0.1) is 0 Å². The van der Waals surface area contributed by atoms with E-state index in [1.165, 1.54) is 14.0 Å². The van der Waals surface area contributed by atoms with Crippen LogP contribution in [0.15, 0.2) is 0 Å². The molecule has 0 radical (unpaired) electrons. The van der Waals surface area contributed by atoms with Crippen LogP contribution < -0.4 is 0 Å². The minimum absolute atomic E-state index is 0.352. The number of amides is 1. The van der Waals surface area contributed by atoms with E-state index < -0.39 is 0 Å². The molecule has 50 valence electrons. The zero-order valence-corrected chi connectivity index (χ0v) is 5.80. The lowest BCUT2D eigenvalue weighted by Gasteiger charge is -1.99. The lowest BCUT2D eigenvalue weighted by molar-refractivity contribution is -0.156. The summed E-state index contributed by atoms with van der Waals surface area (Å²) in [6.45, 7) is 5.28. The summed E-state index contributed by atoms with van der Waals surface area (Å²) < 4.78 is 0. The third kappa shape index (κ3) is 9.06. The Balaban J connectivity index is 0. The highest BCUT2D eigenvalue weighted by Gasteiger charge is 1.90. The summed E-state index contributed by atoms with van der Waals surface area (Å²) in [6, 6.07) is 0. The normalized spacial score (nSPS) is 6.62. The molecule has 1 amide bonds. The van der Waals surface area contributed by atoms with E-state index >= 15 is 0 Å². The molecular formula is C5H13NO2. The van der Waals surface area contributed by atoms with Gasteiger partial charge in [0.1, 0.15) is 0 Å². The molecule has 0 aliphatic carbocycles. The van der Waals surface area contributed by atoms with Crippen molar-refractivity contribution in [2.45, 2.75) is 20.8 Å². The Bertz CT molecular complexity index is 61.4. The molecule has 0 aromatic rings. The molecule has 0 saturated carbocycles. The average Bonchev–Trinajstić information content (AvgIpc) is 1.72. The molecular weight excluding hydrogens is 106 g/mol. The minimum Gasteiger partial charge on any atom is -0.286 e. The standard InChI is InChI=1S/C3H7NO2.C2H6/c1-3(5)4(2)6;1-2/h6H,1-2H3;1-2H3. The first-order valence-electron chi connectivity index (χ1n) is 2.57. The van der Waals surface area contributed by atoms with E-state index in [0.29, 0.717) is 5.06 Å². The number of hydrogen-bond donors (Lipinski definition) is 1. The molecule has 1 N–H and O–H groups in total. The van der Waals surface area contributed by atoms with Crippen LogP contribution in [0.25, 0.3) is 0 Å². The van der Waals surface area contributed by atoms with Crippen molar-refractivity contribution in [2.75, 3.05) is 7.05 Å². The van der Waals surface area contributed by atoms with Crippen molar-refractivity contribution in [1.82, 2.24) is 5.06 Å². The molecule has 0 unspecified atom stereocenters. The molecule has 0 aliphatic heterocycles. The highest BCUT2D eigenvalue weighted by molar-refractivity contribution is 5.71. The van der Waals surface area contributed by atoms with Crippen molar-refractivity contribution in [2.24, 2.45) is 0 Å². The fourth-order valence-electron chi connectivity index (χ4n) is 0. The molecule has 0 aromatic heterocycles. The zero-order chi connectivity index (χ0) is 7.15.